The summed E-state index contributed by atoms with van der Waals surface area (Å²) in [4.78, 5) is 35.5. The highest BCUT2D eigenvalue weighted by Gasteiger charge is 2.12. The molecule has 2 aromatic carbocycles. The molecule has 2 N–H and O–H groups in total. The van der Waals surface area contributed by atoms with E-state index < -0.39 is 24.4 Å². The molecule has 0 spiro atoms. The molecule has 2 amide bonds. The predicted molar refractivity (Wildman–Crippen MR) is 105 cm³/mol. The van der Waals surface area contributed by atoms with Gasteiger partial charge in [-0.1, -0.05) is 37.9 Å². The number of aryl methyl sites for hydroxylation is 1. The highest BCUT2D eigenvalue weighted by molar-refractivity contribution is 9.10. The normalized spacial score (nSPS) is 10.1. The Balaban J connectivity index is 1.76. The summed E-state index contributed by atoms with van der Waals surface area (Å²) in [7, 11) is 0. The van der Waals surface area contributed by atoms with Gasteiger partial charge in [-0.3, -0.25) is 14.4 Å². The van der Waals surface area contributed by atoms with Gasteiger partial charge in [-0.25, -0.2) is 0 Å². The molecule has 136 valence electrons. The van der Waals surface area contributed by atoms with Gasteiger partial charge in [0.05, 0.1) is 0 Å². The lowest BCUT2D eigenvalue weighted by Crippen LogP contribution is -2.32. The Hall–Kier alpha value is -2.19. The van der Waals surface area contributed by atoms with Crippen molar-refractivity contribution in [1.82, 2.24) is 5.32 Å². The van der Waals surface area contributed by atoms with Crippen LogP contribution in [0.5, 0.6) is 0 Å². The summed E-state index contributed by atoms with van der Waals surface area (Å²) < 4.78 is 6.53. The first kappa shape index (κ1) is 20.1. The number of hydrogen-bond acceptors (Lipinski definition) is 4. The Bertz CT molecular complexity index is 840. The molecule has 6 nitrogen and oxygen atoms in total. The van der Waals surface area contributed by atoms with Crippen molar-refractivity contribution in [2.45, 2.75) is 6.92 Å². The highest BCUT2D eigenvalue weighted by atomic mass is 79.9. The molecule has 0 radical (unpaired) electrons. The number of benzene rings is 2. The van der Waals surface area contributed by atoms with Crippen LogP contribution >= 0.6 is 31.9 Å². The summed E-state index contributed by atoms with van der Waals surface area (Å²) in [6.07, 6.45) is 0. The van der Waals surface area contributed by atoms with E-state index in [4.69, 9.17) is 4.74 Å². The smallest absolute Gasteiger partial charge is 0.325 e. The molecule has 0 fully saturated rings. The van der Waals surface area contributed by atoms with Crippen LogP contribution in [0.25, 0.3) is 0 Å². The molecule has 0 saturated heterocycles. The van der Waals surface area contributed by atoms with Gasteiger partial charge in [0.1, 0.15) is 6.54 Å². The second-order valence-electron chi connectivity index (χ2n) is 5.36. The van der Waals surface area contributed by atoms with E-state index in [9.17, 15) is 14.4 Å². The molecule has 0 aliphatic heterocycles. The molecular weight excluding hydrogens is 468 g/mol. The molecule has 2 aromatic rings. The Morgan fingerprint density at radius 3 is 2.46 bits per heavy atom. The van der Waals surface area contributed by atoms with Crippen LogP contribution < -0.4 is 10.6 Å². The average Bonchev–Trinajstić information content (AvgIpc) is 2.60. The van der Waals surface area contributed by atoms with Crippen LogP contribution in [-0.4, -0.2) is 30.9 Å². The predicted octanol–water partition coefficient (Wildman–Crippen LogP) is 3.43. The summed E-state index contributed by atoms with van der Waals surface area (Å²) in [6, 6.07) is 12.2. The van der Waals surface area contributed by atoms with Crippen LogP contribution in [0.2, 0.25) is 0 Å². The number of carbonyl (C=O) groups excluding carboxylic acids is 3. The summed E-state index contributed by atoms with van der Waals surface area (Å²) in [5.74, 6) is -1.56. The van der Waals surface area contributed by atoms with Crippen molar-refractivity contribution in [1.29, 1.82) is 0 Å². The van der Waals surface area contributed by atoms with E-state index in [0.717, 1.165) is 14.5 Å². The standard InChI is InChI=1S/C18H16Br2N2O4/c1-11-7-14(20)5-6-15(11)22-16(23)10-26-17(24)9-21-18(25)12-3-2-4-13(19)8-12/h2-8H,9-10H2,1H3,(H,21,25)(H,22,23). The van der Waals surface area contributed by atoms with Gasteiger partial charge in [0, 0.05) is 20.2 Å². The zero-order valence-electron chi connectivity index (χ0n) is 13.8. The monoisotopic (exact) mass is 482 g/mol. The van der Waals surface area contributed by atoms with Gasteiger partial charge >= 0.3 is 5.97 Å². The van der Waals surface area contributed by atoms with Crippen molar-refractivity contribution in [3.63, 3.8) is 0 Å². The van der Waals surface area contributed by atoms with Crippen LogP contribution in [0.4, 0.5) is 5.69 Å². The van der Waals surface area contributed by atoms with Gasteiger partial charge in [-0.05, 0) is 48.9 Å². The van der Waals surface area contributed by atoms with E-state index in [1.165, 1.54) is 0 Å². The first-order chi connectivity index (χ1) is 12.3. The minimum absolute atomic E-state index is 0.323. The maximum absolute atomic E-state index is 11.9. The topological polar surface area (TPSA) is 84.5 Å². The van der Waals surface area contributed by atoms with E-state index in [1.807, 2.05) is 13.0 Å². The van der Waals surface area contributed by atoms with Crippen LogP contribution in [0, 0.1) is 6.92 Å². The number of esters is 1. The Labute approximate surface area is 167 Å². The number of nitrogens with one attached hydrogen (secondary N) is 2. The Kier molecular flexibility index (Phi) is 7.35. The van der Waals surface area contributed by atoms with E-state index >= 15 is 0 Å². The lowest BCUT2D eigenvalue weighted by Gasteiger charge is -2.10. The fourth-order valence-corrected chi connectivity index (χ4v) is 2.91. The molecule has 8 heteroatoms. The van der Waals surface area contributed by atoms with Gasteiger partial charge in [0.2, 0.25) is 0 Å². The van der Waals surface area contributed by atoms with E-state index in [-0.39, 0.29) is 6.54 Å². The SMILES string of the molecule is Cc1cc(Br)ccc1NC(=O)COC(=O)CNC(=O)c1cccc(Br)c1. The van der Waals surface area contributed by atoms with Gasteiger partial charge in [0.15, 0.2) is 6.61 Å². The Morgan fingerprint density at radius 1 is 1.04 bits per heavy atom. The van der Waals surface area contributed by atoms with Crippen LogP contribution in [-0.2, 0) is 14.3 Å². The second-order valence-corrected chi connectivity index (χ2v) is 7.19. The minimum atomic E-state index is -0.698. The third-order valence-electron chi connectivity index (χ3n) is 3.31. The highest BCUT2D eigenvalue weighted by Crippen LogP contribution is 2.19. The molecular formula is C18H16Br2N2O4. The van der Waals surface area contributed by atoms with Crippen molar-refractivity contribution < 1.29 is 19.1 Å². The van der Waals surface area contributed by atoms with E-state index in [2.05, 4.69) is 42.5 Å². The van der Waals surface area contributed by atoms with E-state index in [1.54, 1.807) is 36.4 Å². The minimum Gasteiger partial charge on any atom is -0.454 e. The first-order valence-corrected chi connectivity index (χ1v) is 9.19. The van der Waals surface area contributed by atoms with Crippen molar-refractivity contribution in [2.75, 3.05) is 18.5 Å². The van der Waals surface area contributed by atoms with Crippen LogP contribution in [0.15, 0.2) is 51.4 Å². The molecule has 0 unspecified atom stereocenters. The number of halogens is 2. The molecule has 0 aliphatic carbocycles. The van der Waals surface area contributed by atoms with Gasteiger partial charge in [0.25, 0.3) is 11.8 Å². The fraction of sp³-hybridized carbons (Fsp3) is 0.167. The van der Waals surface area contributed by atoms with Crippen molar-refractivity contribution >= 4 is 55.3 Å². The summed E-state index contributed by atoms with van der Waals surface area (Å²) >= 11 is 6.61. The molecule has 0 heterocycles. The second kappa shape index (κ2) is 9.49. The largest absolute Gasteiger partial charge is 0.454 e. The first-order valence-electron chi connectivity index (χ1n) is 7.60. The molecule has 26 heavy (non-hydrogen) atoms. The average molecular weight is 484 g/mol. The number of amides is 2. The number of anilines is 1. The molecule has 0 bridgehead atoms. The van der Waals surface area contributed by atoms with Crippen molar-refractivity contribution in [2.24, 2.45) is 0 Å². The quantitative estimate of drug-likeness (QED) is 0.616. The van der Waals surface area contributed by atoms with Gasteiger partial charge in [-0.2, -0.15) is 0 Å². The van der Waals surface area contributed by atoms with Crippen LogP contribution in [0.1, 0.15) is 15.9 Å². The maximum Gasteiger partial charge on any atom is 0.325 e. The summed E-state index contributed by atoms with van der Waals surface area (Å²) in [5.41, 5.74) is 1.92. The number of carbonyl (C=O) groups is 3. The zero-order chi connectivity index (χ0) is 19.1. The molecule has 0 atom stereocenters. The summed E-state index contributed by atoms with van der Waals surface area (Å²) in [5, 5.41) is 5.10. The lowest BCUT2D eigenvalue weighted by atomic mass is 10.2. The number of ether oxygens (including phenoxy) is 1. The third-order valence-corrected chi connectivity index (χ3v) is 4.29. The van der Waals surface area contributed by atoms with Crippen molar-refractivity contribution in [3.05, 3.63) is 62.5 Å². The Morgan fingerprint density at radius 2 is 1.77 bits per heavy atom. The fourth-order valence-electron chi connectivity index (χ4n) is 2.03. The molecule has 0 saturated carbocycles. The molecule has 0 aliphatic rings. The van der Waals surface area contributed by atoms with Gasteiger partial charge < -0.3 is 15.4 Å². The van der Waals surface area contributed by atoms with Crippen molar-refractivity contribution in [3.8, 4) is 0 Å². The molecule has 0 aromatic heterocycles. The van der Waals surface area contributed by atoms with E-state index in [0.29, 0.717) is 11.3 Å². The van der Waals surface area contributed by atoms with Gasteiger partial charge in [-0.15, -0.1) is 0 Å². The lowest BCUT2D eigenvalue weighted by molar-refractivity contribution is -0.146. The molecule has 2 rings (SSSR count). The van der Waals surface area contributed by atoms with Crippen LogP contribution in [0.3, 0.4) is 0 Å². The zero-order valence-corrected chi connectivity index (χ0v) is 17.0. The number of rotatable bonds is 6. The maximum atomic E-state index is 11.9. The summed E-state index contributed by atoms with van der Waals surface area (Å²) in [6.45, 7) is 1.10. The third kappa shape index (κ3) is 6.27. The number of hydrogen-bond donors (Lipinski definition) is 2.